The van der Waals surface area contributed by atoms with Crippen molar-refractivity contribution in [3.8, 4) is 17.2 Å². The van der Waals surface area contributed by atoms with Gasteiger partial charge in [0, 0.05) is 11.5 Å². The fourth-order valence-corrected chi connectivity index (χ4v) is 1.98. The number of phenolic OH excluding ortho intramolecular Hbond substituents is 3. The van der Waals surface area contributed by atoms with Crippen molar-refractivity contribution in [2.75, 3.05) is 0 Å². The summed E-state index contributed by atoms with van der Waals surface area (Å²) in [6.07, 6.45) is 1.14. The van der Waals surface area contributed by atoms with E-state index in [0.29, 0.717) is 12.0 Å². The largest absolute Gasteiger partial charge is 0.504 e. The van der Waals surface area contributed by atoms with E-state index in [0.717, 1.165) is 11.8 Å². The molecule has 0 aromatic heterocycles. The normalized spacial score (nSPS) is 12.0. The minimum absolute atomic E-state index is 0.300. The van der Waals surface area contributed by atoms with Gasteiger partial charge < -0.3 is 20.1 Å². The maximum absolute atomic E-state index is 11.2. The third kappa shape index (κ3) is 2.68. The van der Waals surface area contributed by atoms with E-state index in [1.165, 1.54) is 12.1 Å². The van der Waals surface area contributed by atoms with Crippen molar-refractivity contribution in [3.63, 3.8) is 0 Å². The molecule has 0 aliphatic carbocycles. The Morgan fingerprint density at radius 2 is 1.63 bits per heavy atom. The first-order chi connectivity index (χ1) is 9.13. The topological polar surface area (TPSA) is 77.8 Å². The zero-order chi connectivity index (χ0) is 13.8. The molecule has 2 aromatic rings. The van der Waals surface area contributed by atoms with Gasteiger partial charge in [-0.3, -0.25) is 0 Å². The van der Waals surface area contributed by atoms with Gasteiger partial charge in [0.1, 0.15) is 6.29 Å². The molecule has 0 radical (unpaired) electrons. The van der Waals surface area contributed by atoms with Gasteiger partial charge in [-0.15, -0.1) is 0 Å². The highest BCUT2D eigenvalue weighted by atomic mass is 16.3. The molecule has 0 saturated carbocycles. The summed E-state index contributed by atoms with van der Waals surface area (Å²) in [5.41, 5.74) is 1.25. The van der Waals surface area contributed by atoms with Crippen LogP contribution in [0.4, 0.5) is 0 Å². The standard InChI is InChI=1S/C15H14O4/c16-9-11(8-10-4-2-1-3-5-10)12-6-7-13(17)15(19)14(12)18/h1-7,9,11,17-19H,8H2. The summed E-state index contributed by atoms with van der Waals surface area (Å²) < 4.78 is 0. The molecule has 2 rings (SSSR count). The molecule has 4 nitrogen and oxygen atoms in total. The van der Waals surface area contributed by atoms with Crippen molar-refractivity contribution < 1.29 is 20.1 Å². The van der Waals surface area contributed by atoms with Crippen molar-refractivity contribution in [1.82, 2.24) is 0 Å². The second kappa shape index (κ2) is 5.44. The molecule has 1 atom stereocenters. The van der Waals surface area contributed by atoms with Gasteiger partial charge in [-0.1, -0.05) is 36.4 Å². The monoisotopic (exact) mass is 258 g/mol. The average molecular weight is 258 g/mol. The van der Waals surface area contributed by atoms with Crippen molar-refractivity contribution >= 4 is 6.29 Å². The summed E-state index contributed by atoms with van der Waals surface area (Å²) in [6.45, 7) is 0. The third-order valence-electron chi connectivity index (χ3n) is 3.02. The van der Waals surface area contributed by atoms with Crippen LogP contribution in [-0.4, -0.2) is 21.6 Å². The van der Waals surface area contributed by atoms with Crippen LogP contribution in [0, 0.1) is 0 Å². The van der Waals surface area contributed by atoms with Gasteiger partial charge in [0.25, 0.3) is 0 Å². The Kier molecular flexibility index (Phi) is 3.71. The third-order valence-corrected chi connectivity index (χ3v) is 3.02. The fraction of sp³-hybridized carbons (Fsp3) is 0.133. The van der Waals surface area contributed by atoms with Crippen LogP contribution in [0.15, 0.2) is 42.5 Å². The van der Waals surface area contributed by atoms with Crippen LogP contribution >= 0.6 is 0 Å². The van der Waals surface area contributed by atoms with Gasteiger partial charge in [-0.2, -0.15) is 0 Å². The Balaban J connectivity index is 2.33. The molecule has 19 heavy (non-hydrogen) atoms. The molecule has 0 bridgehead atoms. The zero-order valence-corrected chi connectivity index (χ0v) is 10.2. The number of rotatable bonds is 4. The van der Waals surface area contributed by atoms with Gasteiger partial charge in [-0.05, 0) is 18.1 Å². The molecule has 0 heterocycles. The Labute approximate surface area is 110 Å². The number of carbonyl (C=O) groups excluding carboxylic acids is 1. The van der Waals surface area contributed by atoms with Crippen LogP contribution < -0.4 is 0 Å². The number of aldehydes is 1. The van der Waals surface area contributed by atoms with E-state index < -0.39 is 23.2 Å². The van der Waals surface area contributed by atoms with E-state index >= 15 is 0 Å². The SMILES string of the molecule is O=CC(Cc1ccccc1)c1ccc(O)c(O)c1O. The van der Waals surface area contributed by atoms with Crippen molar-refractivity contribution in [2.24, 2.45) is 0 Å². The molecule has 3 N–H and O–H groups in total. The molecule has 0 amide bonds. The number of aromatic hydroxyl groups is 3. The second-order valence-corrected chi connectivity index (χ2v) is 4.30. The number of phenols is 3. The quantitative estimate of drug-likeness (QED) is 0.581. The Morgan fingerprint density at radius 3 is 2.26 bits per heavy atom. The van der Waals surface area contributed by atoms with Crippen LogP contribution in [-0.2, 0) is 11.2 Å². The van der Waals surface area contributed by atoms with E-state index in [-0.39, 0.29) is 0 Å². The fourth-order valence-electron chi connectivity index (χ4n) is 1.98. The number of hydrogen-bond acceptors (Lipinski definition) is 4. The molecule has 2 aromatic carbocycles. The Hall–Kier alpha value is -2.49. The summed E-state index contributed by atoms with van der Waals surface area (Å²) in [4.78, 5) is 11.2. The molecule has 0 aliphatic heterocycles. The smallest absolute Gasteiger partial charge is 0.200 e. The van der Waals surface area contributed by atoms with Gasteiger partial charge >= 0.3 is 0 Å². The minimum Gasteiger partial charge on any atom is -0.504 e. The van der Waals surface area contributed by atoms with E-state index in [1.807, 2.05) is 30.3 Å². The van der Waals surface area contributed by atoms with Crippen LogP contribution in [0.2, 0.25) is 0 Å². The number of benzene rings is 2. The summed E-state index contributed by atoms with van der Waals surface area (Å²) in [5.74, 6) is -2.04. The first-order valence-corrected chi connectivity index (χ1v) is 5.86. The van der Waals surface area contributed by atoms with Crippen LogP contribution in [0.25, 0.3) is 0 Å². The predicted molar refractivity (Wildman–Crippen MR) is 70.4 cm³/mol. The Bertz CT molecular complexity index is 578. The lowest BCUT2D eigenvalue weighted by Crippen LogP contribution is -2.04. The first kappa shape index (κ1) is 13.0. The van der Waals surface area contributed by atoms with Gasteiger partial charge in [0.2, 0.25) is 5.75 Å². The van der Waals surface area contributed by atoms with Crippen LogP contribution in [0.3, 0.4) is 0 Å². The lowest BCUT2D eigenvalue weighted by atomic mass is 9.92. The highest BCUT2D eigenvalue weighted by Crippen LogP contribution is 2.40. The van der Waals surface area contributed by atoms with Crippen molar-refractivity contribution in [2.45, 2.75) is 12.3 Å². The van der Waals surface area contributed by atoms with Gasteiger partial charge in [0.05, 0.1) is 0 Å². The molecule has 0 spiro atoms. The van der Waals surface area contributed by atoms with E-state index in [1.54, 1.807) is 0 Å². The van der Waals surface area contributed by atoms with E-state index in [9.17, 15) is 20.1 Å². The van der Waals surface area contributed by atoms with E-state index in [4.69, 9.17) is 0 Å². The summed E-state index contributed by atoms with van der Waals surface area (Å²) >= 11 is 0. The first-order valence-electron chi connectivity index (χ1n) is 5.86. The lowest BCUT2D eigenvalue weighted by Gasteiger charge is -2.14. The maximum atomic E-state index is 11.2. The molecular weight excluding hydrogens is 244 g/mol. The lowest BCUT2D eigenvalue weighted by molar-refractivity contribution is -0.109. The zero-order valence-electron chi connectivity index (χ0n) is 10.2. The number of hydrogen-bond donors (Lipinski definition) is 3. The van der Waals surface area contributed by atoms with Gasteiger partial charge in [0.15, 0.2) is 11.5 Å². The van der Waals surface area contributed by atoms with Crippen molar-refractivity contribution in [3.05, 3.63) is 53.6 Å². The molecule has 1 unspecified atom stereocenters. The molecule has 0 aliphatic rings. The second-order valence-electron chi connectivity index (χ2n) is 4.30. The Morgan fingerprint density at radius 1 is 0.947 bits per heavy atom. The summed E-state index contributed by atoms with van der Waals surface area (Å²) in [5, 5.41) is 28.5. The van der Waals surface area contributed by atoms with Crippen LogP contribution in [0.1, 0.15) is 17.0 Å². The van der Waals surface area contributed by atoms with Crippen LogP contribution in [0.5, 0.6) is 17.2 Å². The van der Waals surface area contributed by atoms with Gasteiger partial charge in [-0.25, -0.2) is 0 Å². The predicted octanol–water partition coefficient (Wildman–Crippen LogP) is 2.33. The summed E-state index contributed by atoms with van der Waals surface area (Å²) in [6, 6.07) is 12.1. The number of carbonyl (C=O) groups is 1. The highest BCUT2D eigenvalue weighted by Gasteiger charge is 2.19. The molecule has 98 valence electrons. The average Bonchev–Trinajstić information content (AvgIpc) is 2.44. The summed E-state index contributed by atoms with van der Waals surface area (Å²) in [7, 11) is 0. The maximum Gasteiger partial charge on any atom is 0.200 e. The van der Waals surface area contributed by atoms with Crippen molar-refractivity contribution in [1.29, 1.82) is 0 Å². The van der Waals surface area contributed by atoms with E-state index in [2.05, 4.69) is 0 Å². The molecular formula is C15H14O4. The molecule has 0 fully saturated rings. The minimum atomic E-state index is -0.600. The molecule has 0 saturated heterocycles. The highest BCUT2D eigenvalue weighted by molar-refractivity contribution is 5.68. The molecule has 4 heteroatoms.